The predicted octanol–water partition coefficient (Wildman–Crippen LogP) is 2.84. The van der Waals surface area contributed by atoms with Crippen molar-refractivity contribution in [1.29, 1.82) is 0 Å². The summed E-state index contributed by atoms with van der Waals surface area (Å²) in [6.07, 6.45) is 3.93. The van der Waals surface area contributed by atoms with E-state index in [0.29, 0.717) is 30.0 Å². The van der Waals surface area contributed by atoms with E-state index < -0.39 is 0 Å². The van der Waals surface area contributed by atoms with E-state index in [9.17, 15) is 9.18 Å². The van der Waals surface area contributed by atoms with Crippen molar-refractivity contribution in [2.24, 2.45) is 5.92 Å². The van der Waals surface area contributed by atoms with Gasteiger partial charge in [-0.1, -0.05) is 6.07 Å². The van der Waals surface area contributed by atoms with E-state index in [0.717, 1.165) is 39.0 Å². The Balaban J connectivity index is 1.35. The zero-order valence-electron chi connectivity index (χ0n) is 15.3. The Hall–Kier alpha value is -2.47. The van der Waals surface area contributed by atoms with Crippen molar-refractivity contribution in [1.82, 2.24) is 14.8 Å². The lowest BCUT2D eigenvalue weighted by atomic mass is 9.95. The summed E-state index contributed by atoms with van der Waals surface area (Å²) in [4.78, 5) is 21.4. The van der Waals surface area contributed by atoms with Gasteiger partial charge in [0.1, 0.15) is 23.9 Å². The quantitative estimate of drug-likeness (QED) is 0.813. The molecule has 0 N–H and O–H groups in total. The van der Waals surface area contributed by atoms with Crippen LogP contribution in [0.2, 0.25) is 0 Å². The van der Waals surface area contributed by atoms with Gasteiger partial charge >= 0.3 is 0 Å². The first-order valence-corrected chi connectivity index (χ1v) is 9.52. The van der Waals surface area contributed by atoms with Crippen molar-refractivity contribution < 1.29 is 13.9 Å². The summed E-state index contributed by atoms with van der Waals surface area (Å²) in [5.74, 6) is 0.937. The summed E-state index contributed by atoms with van der Waals surface area (Å²) in [5.41, 5.74) is 0.519. The highest BCUT2D eigenvalue weighted by molar-refractivity contribution is 5.92. The molecule has 4 heterocycles. The molecule has 0 unspecified atom stereocenters. The monoisotopic (exact) mass is 369 g/mol. The lowest BCUT2D eigenvalue weighted by Crippen LogP contribution is -2.46. The molecule has 2 atom stereocenters. The summed E-state index contributed by atoms with van der Waals surface area (Å²) in [6, 6.07) is 11.9. The Labute approximate surface area is 158 Å². The molecular weight excluding hydrogens is 345 g/mol. The van der Waals surface area contributed by atoms with Crippen LogP contribution in [-0.4, -0.2) is 59.5 Å². The number of piperidine rings is 1. The van der Waals surface area contributed by atoms with Gasteiger partial charge in [-0.25, -0.2) is 4.39 Å². The fourth-order valence-electron chi connectivity index (χ4n) is 4.08. The number of fused-ring (bicyclic) bond motifs is 4. The van der Waals surface area contributed by atoms with Gasteiger partial charge in [0.05, 0.1) is 0 Å². The molecule has 142 valence electrons. The fraction of sp³-hybridized carbons (Fsp3) is 0.429. The zero-order chi connectivity index (χ0) is 18.6. The first-order valence-electron chi connectivity index (χ1n) is 9.52. The van der Waals surface area contributed by atoms with Crippen LogP contribution in [0, 0.1) is 11.7 Å². The minimum atomic E-state index is -0.259. The van der Waals surface area contributed by atoms with Crippen LogP contribution in [0.25, 0.3) is 0 Å². The third-order valence-corrected chi connectivity index (χ3v) is 5.46. The standard InChI is InChI=1S/C21H24FN3O2/c22-17-5-8-19(9-6-17)27-12-11-24-13-16-4-7-18(24)15-25(14-16)21(26)20-3-1-2-10-23-20/h1-3,5-6,8-10,16,18H,4,7,11-15H2/t16-,18-/m1/s1. The molecule has 0 aliphatic carbocycles. The number of hydrogen-bond acceptors (Lipinski definition) is 4. The summed E-state index contributed by atoms with van der Waals surface area (Å²) in [7, 11) is 0. The minimum Gasteiger partial charge on any atom is -0.492 e. The van der Waals surface area contributed by atoms with Crippen molar-refractivity contribution in [2.45, 2.75) is 18.9 Å². The van der Waals surface area contributed by atoms with Gasteiger partial charge in [0.25, 0.3) is 5.91 Å². The van der Waals surface area contributed by atoms with E-state index >= 15 is 0 Å². The first kappa shape index (κ1) is 17.9. The van der Waals surface area contributed by atoms with Crippen LogP contribution in [0.3, 0.4) is 0 Å². The summed E-state index contributed by atoms with van der Waals surface area (Å²) in [5, 5.41) is 0. The molecule has 1 amide bonds. The third kappa shape index (κ3) is 4.27. The van der Waals surface area contributed by atoms with E-state index in [2.05, 4.69) is 9.88 Å². The Morgan fingerprint density at radius 3 is 2.74 bits per heavy atom. The molecular formula is C21H24FN3O2. The number of halogens is 1. The van der Waals surface area contributed by atoms with Gasteiger partial charge in [-0.05, 0) is 55.2 Å². The number of hydrogen-bond donors (Lipinski definition) is 0. The summed E-state index contributed by atoms with van der Waals surface area (Å²) < 4.78 is 18.7. The summed E-state index contributed by atoms with van der Waals surface area (Å²) >= 11 is 0. The van der Waals surface area contributed by atoms with Crippen LogP contribution in [0.4, 0.5) is 4.39 Å². The Morgan fingerprint density at radius 2 is 1.96 bits per heavy atom. The van der Waals surface area contributed by atoms with Gasteiger partial charge in [-0.15, -0.1) is 0 Å². The molecule has 27 heavy (non-hydrogen) atoms. The maximum Gasteiger partial charge on any atom is 0.272 e. The molecule has 5 nitrogen and oxygen atoms in total. The van der Waals surface area contributed by atoms with Crippen LogP contribution < -0.4 is 4.74 Å². The van der Waals surface area contributed by atoms with Gasteiger partial charge in [-0.3, -0.25) is 14.7 Å². The molecule has 3 aliphatic heterocycles. The van der Waals surface area contributed by atoms with Crippen LogP contribution >= 0.6 is 0 Å². The SMILES string of the molecule is O=C(c1ccccn1)N1C[C@@H]2CC[C@H](C1)N(CCOc1ccc(F)cc1)C2. The molecule has 0 radical (unpaired) electrons. The lowest BCUT2D eigenvalue weighted by Gasteiger charge is -2.35. The second kappa shape index (κ2) is 8.05. The maximum atomic E-state index is 13.0. The summed E-state index contributed by atoms with van der Waals surface area (Å²) in [6.45, 7) is 3.89. The van der Waals surface area contributed by atoms with Gasteiger partial charge in [0.15, 0.2) is 0 Å². The van der Waals surface area contributed by atoms with E-state index in [-0.39, 0.29) is 11.7 Å². The van der Waals surface area contributed by atoms with Crippen molar-refractivity contribution in [3.63, 3.8) is 0 Å². The van der Waals surface area contributed by atoms with Gasteiger partial charge < -0.3 is 9.64 Å². The largest absolute Gasteiger partial charge is 0.492 e. The van der Waals surface area contributed by atoms with Crippen LogP contribution in [0.1, 0.15) is 23.3 Å². The maximum absolute atomic E-state index is 13.0. The van der Waals surface area contributed by atoms with E-state index in [1.165, 1.54) is 12.1 Å². The number of rotatable bonds is 5. The number of pyridine rings is 1. The Kier molecular flexibility index (Phi) is 5.34. The number of carbonyl (C=O) groups is 1. The van der Waals surface area contributed by atoms with Gasteiger partial charge in [0, 0.05) is 38.4 Å². The second-order valence-electron chi connectivity index (χ2n) is 7.32. The third-order valence-electron chi connectivity index (χ3n) is 5.46. The normalized spacial score (nSPS) is 22.5. The molecule has 1 aromatic heterocycles. The minimum absolute atomic E-state index is 0.0249. The van der Waals surface area contributed by atoms with Crippen LogP contribution in [-0.2, 0) is 0 Å². The number of nitrogens with zero attached hydrogens (tertiary/aromatic N) is 3. The number of aromatic nitrogens is 1. The molecule has 3 saturated heterocycles. The highest BCUT2D eigenvalue weighted by atomic mass is 19.1. The van der Waals surface area contributed by atoms with Crippen molar-refractivity contribution >= 4 is 5.91 Å². The fourth-order valence-corrected chi connectivity index (χ4v) is 4.08. The van der Waals surface area contributed by atoms with Gasteiger partial charge in [0.2, 0.25) is 0 Å². The van der Waals surface area contributed by atoms with Crippen LogP contribution in [0.15, 0.2) is 48.7 Å². The average Bonchev–Trinajstić information content (AvgIpc) is 3.01. The lowest BCUT2D eigenvalue weighted by molar-refractivity contribution is 0.0727. The molecule has 3 fully saturated rings. The topological polar surface area (TPSA) is 45.7 Å². The molecule has 0 spiro atoms. The zero-order valence-corrected chi connectivity index (χ0v) is 15.3. The van der Waals surface area contributed by atoms with Crippen molar-refractivity contribution in [3.8, 4) is 5.75 Å². The average molecular weight is 369 g/mol. The Bertz CT molecular complexity index is 769. The molecule has 6 heteroatoms. The van der Waals surface area contributed by atoms with E-state index in [1.54, 1.807) is 24.4 Å². The highest BCUT2D eigenvalue weighted by Gasteiger charge is 2.36. The van der Waals surface area contributed by atoms with Crippen LogP contribution in [0.5, 0.6) is 5.75 Å². The molecule has 1 aromatic carbocycles. The predicted molar refractivity (Wildman–Crippen MR) is 100 cm³/mol. The molecule has 2 bridgehead atoms. The molecule has 2 aromatic rings. The molecule has 5 rings (SSSR count). The number of carbonyl (C=O) groups excluding carboxylic acids is 1. The second-order valence-corrected chi connectivity index (χ2v) is 7.32. The molecule has 3 aliphatic rings. The highest BCUT2D eigenvalue weighted by Crippen LogP contribution is 2.28. The first-order chi connectivity index (χ1) is 13.2. The van der Waals surface area contributed by atoms with Crippen molar-refractivity contribution in [3.05, 3.63) is 60.2 Å². The van der Waals surface area contributed by atoms with E-state index in [4.69, 9.17) is 4.74 Å². The van der Waals surface area contributed by atoms with E-state index in [1.807, 2.05) is 17.0 Å². The number of benzene rings is 1. The number of ether oxygens (including phenoxy) is 1. The van der Waals surface area contributed by atoms with Crippen molar-refractivity contribution in [2.75, 3.05) is 32.8 Å². The number of amides is 1. The smallest absolute Gasteiger partial charge is 0.272 e. The molecule has 0 saturated carbocycles. The Morgan fingerprint density at radius 1 is 1.11 bits per heavy atom. The van der Waals surface area contributed by atoms with Gasteiger partial charge in [-0.2, -0.15) is 0 Å².